The molecule has 2 rings (SSSR count). The van der Waals surface area contributed by atoms with E-state index >= 15 is 0 Å². The molecule has 1 aromatic carbocycles. The molecule has 1 aromatic rings. The van der Waals surface area contributed by atoms with Crippen LogP contribution in [-0.4, -0.2) is 20.1 Å². The largest absolute Gasteiger partial charge is 0.248 e. The Hall–Kier alpha value is -0.970. The highest BCUT2D eigenvalue weighted by Crippen LogP contribution is 2.37. The van der Waals surface area contributed by atoms with E-state index in [1.807, 2.05) is 13.0 Å². The van der Waals surface area contributed by atoms with Crippen molar-refractivity contribution in [2.45, 2.75) is 50.3 Å². The van der Waals surface area contributed by atoms with Gasteiger partial charge in [-0.15, -0.1) is 0 Å². The van der Waals surface area contributed by atoms with Crippen molar-refractivity contribution in [3.63, 3.8) is 0 Å². The highest BCUT2D eigenvalue weighted by molar-refractivity contribution is 7.91. The van der Waals surface area contributed by atoms with Crippen molar-refractivity contribution >= 4 is 9.84 Å². The zero-order valence-electron chi connectivity index (χ0n) is 11.8. The molecule has 0 radical (unpaired) electrons. The number of sulfone groups is 1. The van der Waals surface area contributed by atoms with Crippen LogP contribution in [-0.2, 0) is 9.84 Å². The zero-order valence-corrected chi connectivity index (χ0v) is 12.6. The summed E-state index contributed by atoms with van der Waals surface area (Å²) in [6, 6.07) is 5.20. The van der Waals surface area contributed by atoms with Crippen molar-refractivity contribution in [3.05, 3.63) is 29.3 Å². The van der Waals surface area contributed by atoms with Gasteiger partial charge in [-0.3, -0.25) is 0 Å². The second kappa shape index (κ2) is 5.43. The Balaban J connectivity index is 2.14. The lowest BCUT2D eigenvalue weighted by Crippen LogP contribution is -2.28. The third kappa shape index (κ3) is 3.37. The Kier molecular flexibility index (Phi) is 4.19. The fourth-order valence-corrected chi connectivity index (χ4v) is 4.77. The van der Waals surface area contributed by atoms with Crippen LogP contribution < -0.4 is 0 Å². The fraction of sp³-hybridized carbons (Fsp3) is 0.600. The molecular weight excluding hydrogens is 282 g/mol. The Morgan fingerprint density at radius 3 is 2.40 bits per heavy atom. The molecule has 0 amide bonds. The van der Waals surface area contributed by atoms with Crippen LogP contribution in [0, 0.1) is 19.8 Å². The van der Waals surface area contributed by atoms with Gasteiger partial charge in [0.1, 0.15) is 0 Å². The van der Waals surface area contributed by atoms with Crippen molar-refractivity contribution < 1.29 is 17.2 Å². The van der Waals surface area contributed by atoms with E-state index < -0.39 is 15.8 Å². The monoisotopic (exact) mass is 302 g/mol. The SMILES string of the molecule is Cc1cccc(S(=O)(=O)CC2CCC(F)(F)CC2)c1C. The maximum atomic E-state index is 13.1. The summed E-state index contributed by atoms with van der Waals surface area (Å²) in [5.41, 5.74) is 1.69. The molecule has 1 aliphatic carbocycles. The minimum absolute atomic E-state index is 0.0205. The molecule has 1 aliphatic rings. The Labute approximate surface area is 119 Å². The van der Waals surface area contributed by atoms with Crippen molar-refractivity contribution in [2.24, 2.45) is 5.92 Å². The maximum absolute atomic E-state index is 13.1. The molecule has 0 saturated heterocycles. The van der Waals surface area contributed by atoms with E-state index in [4.69, 9.17) is 0 Å². The van der Waals surface area contributed by atoms with E-state index in [0.29, 0.717) is 4.90 Å². The molecule has 2 nitrogen and oxygen atoms in total. The van der Waals surface area contributed by atoms with Crippen LogP contribution in [0.15, 0.2) is 23.1 Å². The van der Waals surface area contributed by atoms with E-state index in [2.05, 4.69) is 0 Å². The van der Waals surface area contributed by atoms with Gasteiger partial charge in [-0.2, -0.15) is 0 Å². The van der Waals surface area contributed by atoms with Crippen LogP contribution in [0.3, 0.4) is 0 Å². The summed E-state index contributed by atoms with van der Waals surface area (Å²) < 4.78 is 51.1. The predicted octanol–water partition coefficient (Wildman–Crippen LogP) is 3.90. The zero-order chi connectivity index (χ0) is 15.0. The second-order valence-electron chi connectivity index (χ2n) is 5.78. The molecule has 0 bridgehead atoms. The molecule has 0 heterocycles. The lowest BCUT2D eigenvalue weighted by molar-refractivity contribution is -0.0435. The van der Waals surface area contributed by atoms with Crippen LogP contribution in [0.5, 0.6) is 0 Å². The number of rotatable bonds is 3. The number of aryl methyl sites for hydroxylation is 1. The first-order valence-electron chi connectivity index (χ1n) is 6.88. The van der Waals surface area contributed by atoms with E-state index in [0.717, 1.165) is 11.1 Å². The first-order valence-corrected chi connectivity index (χ1v) is 8.53. The molecule has 1 fully saturated rings. The molecule has 0 unspecified atom stereocenters. The summed E-state index contributed by atoms with van der Waals surface area (Å²) in [5, 5.41) is 0. The smallest absolute Gasteiger partial charge is 0.224 e. The van der Waals surface area contributed by atoms with Gasteiger partial charge in [-0.25, -0.2) is 17.2 Å². The summed E-state index contributed by atoms with van der Waals surface area (Å²) >= 11 is 0. The molecule has 0 aliphatic heterocycles. The summed E-state index contributed by atoms with van der Waals surface area (Å²) in [4.78, 5) is 0.342. The average molecular weight is 302 g/mol. The van der Waals surface area contributed by atoms with Crippen molar-refractivity contribution in [3.8, 4) is 0 Å². The van der Waals surface area contributed by atoms with Gasteiger partial charge in [0.25, 0.3) is 0 Å². The normalized spacial score (nSPS) is 20.0. The van der Waals surface area contributed by atoms with Gasteiger partial charge in [0.05, 0.1) is 10.6 Å². The Bertz CT molecular complexity index is 584. The van der Waals surface area contributed by atoms with Crippen LogP contribution in [0.2, 0.25) is 0 Å². The number of hydrogen-bond donors (Lipinski definition) is 0. The topological polar surface area (TPSA) is 34.1 Å². The molecule has 0 atom stereocenters. The summed E-state index contributed by atoms with van der Waals surface area (Å²) in [6.07, 6.45) is 0.189. The standard InChI is InChI=1S/C15H20F2O2S/c1-11-4-3-5-14(12(11)2)20(18,19)10-13-6-8-15(16,17)9-7-13/h3-5,13H,6-10H2,1-2H3. The molecule has 20 heavy (non-hydrogen) atoms. The van der Waals surface area contributed by atoms with Crippen molar-refractivity contribution in [1.29, 1.82) is 0 Å². The fourth-order valence-electron chi connectivity index (χ4n) is 2.73. The Morgan fingerprint density at radius 2 is 1.80 bits per heavy atom. The van der Waals surface area contributed by atoms with Gasteiger partial charge in [0, 0.05) is 12.8 Å². The third-order valence-corrected chi connectivity index (χ3v) is 6.20. The molecule has 0 aromatic heterocycles. The van der Waals surface area contributed by atoms with Gasteiger partial charge in [-0.1, -0.05) is 12.1 Å². The number of benzene rings is 1. The average Bonchev–Trinajstić information content (AvgIpc) is 2.35. The maximum Gasteiger partial charge on any atom is 0.248 e. The molecular formula is C15H20F2O2S. The van der Waals surface area contributed by atoms with E-state index in [9.17, 15) is 17.2 Å². The predicted molar refractivity (Wildman–Crippen MR) is 74.9 cm³/mol. The molecule has 0 spiro atoms. The van der Waals surface area contributed by atoms with Gasteiger partial charge >= 0.3 is 0 Å². The summed E-state index contributed by atoms with van der Waals surface area (Å²) in [7, 11) is -3.40. The van der Waals surface area contributed by atoms with Crippen LogP contribution in [0.25, 0.3) is 0 Å². The van der Waals surface area contributed by atoms with E-state index in [1.54, 1.807) is 19.1 Å². The second-order valence-corrected chi connectivity index (χ2v) is 7.78. The quantitative estimate of drug-likeness (QED) is 0.848. The van der Waals surface area contributed by atoms with Gasteiger partial charge < -0.3 is 0 Å². The van der Waals surface area contributed by atoms with E-state index in [-0.39, 0.29) is 37.4 Å². The minimum Gasteiger partial charge on any atom is -0.224 e. The minimum atomic E-state index is -3.40. The third-order valence-electron chi connectivity index (χ3n) is 4.18. The van der Waals surface area contributed by atoms with Gasteiger partial charge in [0.2, 0.25) is 5.92 Å². The Morgan fingerprint density at radius 1 is 1.20 bits per heavy atom. The number of halogens is 2. The number of alkyl halides is 2. The molecule has 0 N–H and O–H groups in total. The van der Waals surface area contributed by atoms with Crippen molar-refractivity contribution in [1.82, 2.24) is 0 Å². The number of hydrogen-bond acceptors (Lipinski definition) is 2. The van der Waals surface area contributed by atoms with Crippen LogP contribution in [0.4, 0.5) is 8.78 Å². The van der Waals surface area contributed by atoms with Gasteiger partial charge in [0.15, 0.2) is 9.84 Å². The van der Waals surface area contributed by atoms with Crippen LogP contribution >= 0.6 is 0 Å². The molecule has 1 saturated carbocycles. The molecule has 112 valence electrons. The lowest BCUT2D eigenvalue weighted by Gasteiger charge is -2.28. The van der Waals surface area contributed by atoms with Crippen molar-refractivity contribution in [2.75, 3.05) is 5.75 Å². The lowest BCUT2D eigenvalue weighted by atomic mass is 9.88. The summed E-state index contributed by atoms with van der Waals surface area (Å²) in [6.45, 7) is 3.66. The molecule has 5 heteroatoms. The first-order chi connectivity index (χ1) is 9.21. The highest BCUT2D eigenvalue weighted by atomic mass is 32.2. The first kappa shape index (κ1) is 15.4. The highest BCUT2D eigenvalue weighted by Gasteiger charge is 2.36. The van der Waals surface area contributed by atoms with Crippen LogP contribution in [0.1, 0.15) is 36.8 Å². The summed E-state index contributed by atoms with van der Waals surface area (Å²) in [5.74, 6) is -2.79. The van der Waals surface area contributed by atoms with E-state index in [1.165, 1.54) is 0 Å². The van der Waals surface area contributed by atoms with Gasteiger partial charge in [-0.05, 0) is 49.8 Å².